The second-order valence-electron chi connectivity index (χ2n) is 4.56. The summed E-state index contributed by atoms with van der Waals surface area (Å²) in [7, 11) is 3.18. The van der Waals surface area contributed by atoms with Crippen molar-refractivity contribution in [2.75, 3.05) is 14.2 Å². The Labute approximate surface area is 140 Å². The predicted molar refractivity (Wildman–Crippen MR) is 89.2 cm³/mol. The van der Waals surface area contributed by atoms with Crippen molar-refractivity contribution in [2.24, 2.45) is 0 Å². The Hall–Kier alpha value is -1.07. The highest BCUT2D eigenvalue weighted by Gasteiger charge is 2.21. The minimum Gasteiger partial charge on any atom is -0.493 e. The molecule has 0 saturated carbocycles. The molecule has 0 amide bonds. The molecule has 2 rings (SSSR count). The summed E-state index contributed by atoms with van der Waals surface area (Å²) in [6, 6.07) is 8.70. The number of benzene rings is 2. The first-order chi connectivity index (χ1) is 9.99. The van der Waals surface area contributed by atoms with E-state index in [9.17, 15) is 4.39 Å². The summed E-state index contributed by atoms with van der Waals surface area (Å²) in [6.45, 7) is 1.96. The van der Waals surface area contributed by atoms with Crippen molar-refractivity contribution in [3.8, 4) is 11.5 Å². The van der Waals surface area contributed by atoms with Gasteiger partial charge in [0, 0.05) is 10.0 Å². The van der Waals surface area contributed by atoms with Gasteiger partial charge >= 0.3 is 0 Å². The average Bonchev–Trinajstić information content (AvgIpc) is 2.46. The second-order valence-corrected chi connectivity index (χ2v) is 6.33. The number of alkyl halides is 1. The Morgan fingerprint density at radius 1 is 1.10 bits per heavy atom. The van der Waals surface area contributed by atoms with Crippen molar-refractivity contribution in [1.29, 1.82) is 0 Å². The van der Waals surface area contributed by atoms with Gasteiger partial charge in [0.25, 0.3) is 0 Å². The van der Waals surface area contributed by atoms with Crippen molar-refractivity contribution in [1.82, 2.24) is 0 Å². The highest BCUT2D eigenvalue weighted by atomic mass is 79.9. The van der Waals surface area contributed by atoms with Crippen LogP contribution in [0.1, 0.15) is 21.5 Å². The van der Waals surface area contributed by atoms with Crippen LogP contribution in [0, 0.1) is 12.7 Å². The molecular weight excluding hydrogens is 403 g/mol. The van der Waals surface area contributed by atoms with Gasteiger partial charge in [-0.05, 0) is 42.3 Å². The van der Waals surface area contributed by atoms with Gasteiger partial charge in [0.1, 0.15) is 5.82 Å². The first kappa shape index (κ1) is 16.3. The minimum atomic E-state index is -0.284. The molecule has 0 saturated heterocycles. The van der Waals surface area contributed by atoms with Crippen LogP contribution in [0.15, 0.2) is 34.8 Å². The smallest absolute Gasteiger partial charge is 0.161 e. The van der Waals surface area contributed by atoms with E-state index in [2.05, 4.69) is 31.9 Å². The van der Waals surface area contributed by atoms with Crippen LogP contribution in [-0.4, -0.2) is 14.2 Å². The molecule has 112 valence electrons. The molecular formula is C16H15Br2FO2. The molecule has 5 heteroatoms. The van der Waals surface area contributed by atoms with E-state index in [1.54, 1.807) is 20.3 Å². The molecule has 0 fully saturated rings. The molecule has 2 nitrogen and oxygen atoms in total. The van der Waals surface area contributed by atoms with Crippen LogP contribution in [0.2, 0.25) is 0 Å². The molecule has 21 heavy (non-hydrogen) atoms. The largest absolute Gasteiger partial charge is 0.493 e. The fourth-order valence-corrected chi connectivity index (χ4v) is 4.01. The van der Waals surface area contributed by atoms with Crippen LogP contribution in [0.25, 0.3) is 0 Å². The lowest BCUT2D eigenvalue weighted by atomic mass is 9.99. The molecule has 0 aromatic heterocycles. The lowest BCUT2D eigenvalue weighted by Gasteiger charge is -2.18. The molecule has 0 spiro atoms. The number of methoxy groups -OCH3 is 2. The summed E-state index contributed by atoms with van der Waals surface area (Å²) in [6.07, 6.45) is 0. The Morgan fingerprint density at radius 2 is 1.71 bits per heavy atom. The second kappa shape index (κ2) is 6.79. The van der Waals surface area contributed by atoms with Gasteiger partial charge in [-0.25, -0.2) is 4.39 Å². The Kier molecular flexibility index (Phi) is 5.27. The van der Waals surface area contributed by atoms with E-state index in [1.165, 1.54) is 6.07 Å². The molecule has 1 unspecified atom stereocenters. The molecule has 2 aromatic carbocycles. The van der Waals surface area contributed by atoms with Gasteiger partial charge in [0.05, 0.1) is 19.0 Å². The third-order valence-electron chi connectivity index (χ3n) is 3.30. The maximum atomic E-state index is 14.1. The molecule has 0 radical (unpaired) electrons. The van der Waals surface area contributed by atoms with Crippen LogP contribution in [-0.2, 0) is 0 Å². The summed E-state index contributed by atoms with van der Waals surface area (Å²) >= 11 is 7.00. The summed E-state index contributed by atoms with van der Waals surface area (Å²) in [5, 5.41) is 0. The minimum absolute atomic E-state index is 0.263. The van der Waals surface area contributed by atoms with E-state index in [-0.39, 0.29) is 10.6 Å². The fraction of sp³-hybridized carbons (Fsp3) is 0.250. The Balaban J connectivity index is 2.56. The highest BCUT2D eigenvalue weighted by Crippen LogP contribution is 2.41. The van der Waals surface area contributed by atoms with E-state index >= 15 is 0 Å². The Morgan fingerprint density at radius 3 is 2.29 bits per heavy atom. The summed E-state index contributed by atoms with van der Waals surface area (Å²) in [5.41, 5.74) is 2.48. The fourth-order valence-electron chi connectivity index (χ4n) is 2.18. The van der Waals surface area contributed by atoms with Gasteiger partial charge in [-0.2, -0.15) is 0 Å². The third-order valence-corrected chi connectivity index (χ3v) is 4.94. The quantitative estimate of drug-likeness (QED) is 0.620. The highest BCUT2D eigenvalue weighted by molar-refractivity contribution is 9.11. The van der Waals surface area contributed by atoms with Crippen molar-refractivity contribution in [3.63, 3.8) is 0 Å². The first-order valence-electron chi connectivity index (χ1n) is 6.30. The monoisotopic (exact) mass is 416 g/mol. The summed E-state index contributed by atoms with van der Waals surface area (Å²) in [5.74, 6) is 1.02. The van der Waals surface area contributed by atoms with Gasteiger partial charge in [0.15, 0.2) is 11.5 Å². The van der Waals surface area contributed by atoms with Crippen LogP contribution in [0.3, 0.4) is 0 Å². The molecule has 0 aliphatic carbocycles. The first-order valence-corrected chi connectivity index (χ1v) is 8.01. The summed E-state index contributed by atoms with van der Waals surface area (Å²) in [4.78, 5) is -0.284. The van der Waals surface area contributed by atoms with Crippen LogP contribution in [0.5, 0.6) is 11.5 Å². The zero-order chi connectivity index (χ0) is 15.6. The average molecular weight is 418 g/mol. The van der Waals surface area contributed by atoms with Crippen molar-refractivity contribution < 1.29 is 13.9 Å². The predicted octanol–water partition coefficient (Wildman–Crippen LogP) is 5.40. The van der Waals surface area contributed by atoms with Gasteiger partial charge in [-0.15, -0.1) is 0 Å². The number of aryl methyl sites for hydroxylation is 1. The third kappa shape index (κ3) is 3.24. The molecule has 0 N–H and O–H groups in total. The van der Waals surface area contributed by atoms with Crippen LogP contribution in [0.4, 0.5) is 4.39 Å². The molecule has 0 aliphatic heterocycles. The zero-order valence-corrected chi connectivity index (χ0v) is 15.1. The van der Waals surface area contributed by atoms with Gasteiger partial charge in [-0.1, -0.05) is 37.9 Å². The normalized spacial score (nSPS) is 12.1. The Bertz CT molecular complexity index is 639. The lowest BCUT2D eigenvalue weighted by Crippen LogP contribution is -2.02. The van der Waals surface area contributed by atoms with Gasteiger partial charge in [-0.3, -0.25) is 0 Å². The maximum absolute atomic E-state index is 14.1. The van der Waals surface area contributed by atoms with Gasteiger partial charge < -0.3 is 9.47 Å². The number of rotatable bonds is 4. The molecule has 0 aliphatic rings. The molecule has 0 bridgehead atoms. The van der Waals surface area contributed by atoms with E-state index in [1.807, 2.05) is 25.1 Å². The number of hydrogen-bond donors (Lipinski definition) is 0. The van der Waals surface area contributed by atoms with Crippen molar-refractivity contribution >= 4 is 31.9 Å². The standard InChI is InChI=1S/C16H15Br2FO2/c1-9-7-13(20-2)14(21-3)8-10(9)16(18)15-11(17)5-4-6-12(15)19/h4-8,16H,1-3H3. The summed E-state index contributed by atoms with van der Waals surface area (Å²) < 4.78 is 25.5. The molecule has 1 atom stereocenters. The van der Waals surface area contributed by atoms with E-state index in [0.29, 0.717) is 17.1 Å². The van der Waals surface area contributed by atoms with Gasteiger partial charge in [0.2, 0.25) is 0 Å². The van der Waals surface area contributed by atoms with Crippen molar-refractivity contribution in [2.45, 2.75) is 11.8 Å². The van der Waals surface area contributed by atoms with E-state index in [4.69, 9.17) is 9.47 Å². The topological polar surface area (TPSA) is 18.5 Å². The number of ether oxygens (including phenoxy) is 2. The van der Waals surface area contributed by atoms with Crippen LogP contribution < -0.4 is 9.47 Å². The van der Waals surface area contributed by atoms with E-state index < -0.39 is 0 Å². The van der Waals surface area contributed by atoms with Crippen LogP contribution >= 0.6 is 31.9 Å². The maximum Gasteiger partial charge on any atom is 0.161 e. The SMILES string of the molecule is COc1cc(C)c(C(Br)c2c(F)cccc2Br)cc1OC. The number of hydrogen-bond acceptors (Lipinski definition) is 2. The van der Waals surface area contributed by atoms with Crippen molar-refractivity contribution in [3.05, 3.63) is 57.3 Å². The zero-order valence-electron chi connectivity index (χ0n) is 11.9. The molecule has 0 heterocycles. The number of halogens is 3. The molecule has 2 aromatic rings. The lowest BCUT2D eigenvalue weighted by molar-refractivity contribution is 0.354. The van der Waals surface area contributed by atoms with E-state index in [0.717, 1.165) is 15.6 Å².